The minimum absolute atomic E-state index is 0. The predicted molar refractivity (Wildman–Crippen MR) is 300 cm³/mol. The van der Waals surface area contributed by atoms with Gasteiger partial charge in [0.2, 0.25) is 6.41 Å². The van der Waals surface area contributed by atoms with Gasteiger partial charge in [-0.1, -0.05) is 83.0 Å². The summed E-state index contributed by atoms with van der Waals surface area (Å²) < 4.78 is 44.2. The van der Waals surface area contributed by atoms with Crippen LogP contribution in [-0.2, 0) is 17.6 Å². The third-order valence-electron chi connectivity index (χ3n) is 14.6. The number of carbonyl (C=O) groups excluding carboxylic acids is 3. The van der Waals surface area contributed by atoms with Crippen molar-refractivity contribution in [2.75, 3.05) is 78.5 Å². The predicted octanol–water partition coefficient (Wildman–Crippen LogP) is 9.21. The third kappa shape index (κ3) is 14.9. The molecular formula is C60H73F3N10O4. The molecule has 3 saturated heterocycles. The Hall–Kier alpha value is -7.50. The van der Waals surface area contributed by atoms with Gasteiger partial charge in [0.15, 0.2) is 0 Å². The molecular weight excluding hydrogens is 982 g/mol. The van der Waals surface area contributed by atoms with Crippen LogP contribution in [0.1, 0.15) is 92.1 Å². The summed E-state index contributed by atoms with van der Waals surface area (Å²) in [5, 5.41) is 12.1. The third-order valence-corrected chi connectivity index (χ3v) is 14.6. The van der Waals surface area contributed by atoms with Gasteiger partial charge in [-0.05, 0) is 99.2 Å². The molecule has 4 aliphatic heterocycles. The van der Waals surface area contributed by atoms with Crippen molar-refractivity contribution in [3.63, 3.8) is 0 Å². The molecule has 0 unspecified atom stereocenters. The van der Waals surface area contributed by atoms with E-state index in [9.17, 15) is 32.3 Å². The second kappa shape index (κ2) is 27.5. The van der Waals surface area contributed by atoms with E-state index in [1.807, 2.05) is 38.1 Å². The average Bonchev–Trinajstić information content (AvgIpc) is 3.44. The van der Waals surface area contributed by atoms with Gasteiger partial charge in [0.1, 0.15) is 23.0 Å². The number of nitrogens with one attached hydrogen (secondary N) is 2. The van der Waals surface area contributed by atoms with E-state index < -0.39 is 34.8 Å². The minimum atomic E-state index is -0.824. The molecule has 0 aliphatic carbocycles. The second-order valence-corrected chi connectivity index (χ2v) is 19.5. The number of H-pyrrole nitrogens is 1. The number of hydrazone groups is 1. The number of piperazine rings is 2. The molecule has 14 nitrogen and oxygen atoms in total. The standard InChI is InChI=1S/C26H34F2N4O.C21H19FN4O3.C12H16N2.CH4/c1-3-21-6-5-7-24(29-21)20-16-22(27)25(23(28)17-20)26(33)32-10-8-19(9-11-32)18-31-14-12-30(4-2)13-15-31;22-18-6-5-14(11-17(18)21(29)26-9-7-25(13-27)8-10-26)12-19-15-3-1-2-4-16(15)20(28)24-23-19;1-6-8(2)7-12-10(4)9(3)11(5)13-14-12;/h5-7,16-17,19H,3-4,8-15,18H2,1-2H3;1-6,11,13H,7-10,12H2,(H,24,28);6,13H,3-5,7H2,1-2H3;1H4/b;;8-6+;. The van der Waals surface area contributed by atoms with Crippen molar-refractivity contribution in [1.29, 1.82) is 0 Å². The van der Waals surface area contributed by atoms with E-state index >= 15 is 0 Å². The van der Waals surface area contributed by atoms with Gasteiger partial charge < -0.3 is 24.5 Å². The minimum Gasteiger partial charge on any atom is -0.342 e. The zero-order chi connectivity index (χ0) is 54.5. The van der Waals surface area contributed by atoms with E-state index in [0.29, 0.717) is 79.5 Å². The number of hydrogen-bond donors (Lipinski definition) is 2. The first-order chi connectivity index (χ1) is 36.6. The molecule has 0 atom stereocenters. The highest BCUT2D eigenvalue weighted by molar-refractivity contribution is 6.06. The summed E-state index contributed by atoms with van der Waals surface area (Å²) in [6.07, 6.45) is 6.46. The summed E-state index contributed by atoms with van der Waals surface area (Å²) in [7, 11) is 0. The Morgan fingerprint density at radius 3 is 2.05 bits per heavy atom. The van der Waals surface area contributed by atoms with E-state index in [1.54, 1.807) is 39.0 Å². The highest BCUT2D eigenvalue weighted by atomic mass is 19.1. The van der Waals surface area contributed by atoms with Crippen LogP contribution in [0.5, 0.6) is 0 Å². The molecule has 0 radical (unpaired) electrons. The molecule has 0 bridgehead atoms. The van der Waals surface area contributed by atoms with Crippen molar-refractivity contribution in [1.82, 2.24) is 45.1 Å². The lowest BCUT2D eigenvalue weighted by Gasteiger charge is -2.38. The number of hydrogen-bond acceptors (Lipinski definition) is 10. The molecule has 3 aromatic carbocycles. The van der Waals surface area contributed by atoms with Gasteiger partial charge in [-0.25, -0.2) is 18.3 Å². The Morgan fingerprint density at radius 2 is 1.42 bits per heavy atom. The fourth-order valence-electron chi connectivity index (χ4n) is 9.58. The van der Waals surface area contributed by atoms with Gasteiger partial charge in [-0.15, -0.1) is 0 Å². The van der Waals surface area contributed by atoms with E-state index in [-0.39, 0.29) is 18.5 Å². The lowest BCUT2D eigenvalue weighted by molar-refractivity contribution is -0.119. The van der Waals surface area contributed by atoms with Crippen molar-refractivity contribution in [2.24, 2.45) is 11.0 Å². The van der Waals surface area contributed by atoms with E-state index in [0.717, 1.165) is 105 Å². The first kappa shape index (κ1) is 58.8. The molecule has 408 valence electrons. The number of benzene rings is 3. The van der Waals surface area contributed by atoms with Crippen LogP contribution in [0, 0.1) is 23.4 Å². The van der Waals surface area contributed by atoms with Crippen LogP contribution in [-0.4, -0.2) is 142 Å². The van der Waals surface area contributed by atoms with E-state index in [2.05, 4.69) is 75.2 Å². The van der Waals surface area contributed by atoms with Gasteiger partial charge >= 0.3 is 0 Å². The van der Waals surface area contributed by atoms with Crippen molar-refractivity contribution in [2.45, 2.75) is 67.2 Å². The summed E-state index contributed by atoms with van der Waals surface area (Å²) >= 11 is 0. The van der Waals surface area contributed by atoms with Crippen LogP contribution < -0.4 is 11.0 Å². The molecule has 5 aromatic rings. The number of aromatic nitrogens is 3. The van der Waals surface area contributed by atoms with Gasteiger partial charge in [0.05, 0.1) is 33.7 Å². The molecule has 3 amide bonds. The quantitative estimate of drug-likeness (QED) is 0.0921. The van der Waals surface area contributed by atoms with Gasteiger partial charge in [0.25, 0.3) is 17.4 Å². The van der Waals surface area contributed by atoms with Crippen LogP contribution in [0.2, 0.25) is 0 Å². The lowest BCUT2D eigenvalue weighted by atomic mass is 9.95. The van der Waals surface area contributed by atoms with E-state index in [4.69, 9.17) is 0 Å². The first-order valence-corrected chi connectivity index (χ1v) is 26.1. The lowest BCUT2D eigenvalue weighted by Crippen LogP contribution is -2.49. The summed E-state index contributed by atoms with van der Waals surface area (Å²) in [4.78, 5) is 62.7. The van der Waals surface area contributed by atoms with Crippen LogP contribution in [0.25, 0.3) is 22.0 Å². The normalized spacial score (nSPS) is 16.6. The van der Waals surface area contributed by atoms with Crippen molar-refractivity contribution >= 4 is 34.7 Å². The maximum Gasteiger partial charge on any atom is 0.272 e. The first-order valence-electron chi connectivity index (χ1n) is 26.1. The van der Waals surface area contributed by atoms with Crippen LogP contribution >= 0.6 is 0 Å². The number of aromatic amines is 1. The molecule has 77 heavy (non-hydrogen) atoms. The number of nitrogens with zero attached hydrogens (tertiary/aromatic N) is 8. The number of likely N-dealkylation sites (tertiary alicyclic amines) is 1. The number of amides is 3. The molecule has 2 N–H and O–H groups in total. The molecule has 6 heterocycles. The summed E-state index contributed by atoms with van der Waals surface area (Å²) in [5.74, 6) is -2.66. The highest BCUT2D eigenvalue weighted by Crippen LogP contribution is 2.28. The number of rotatable bonds is 12. The van der Waals surface area contributed by atoms with Crippen molar-refractivity contribution in [3.8, 4) is 11.3 Å². The van der Waals surface area contributed by atoms with Crippen LogP contribution in [0.15, 0.2) is 131 Å². The summed E-state index contributed by atoms with van der Waals surface area (Å²) in [5.41, 5.74) is 9.85. The zero-order valence-corrected chi connectivity index (χ0v) is 44.1. The molecule has 17 heteroatoms. The van der Waals surface area contributed by atoms with Crippen molar-refractivity contribution in [3.05, 3.63) is 177 Å². The number of pyridine rings is 1. The fraction of sp³-hybridized carbons (Fsp3) is 0.383. The Labute approximate surface area is 450 Å². The Bertz CT molecular complexity index is 3050. The van der Waals surface area contributed by atoms with Crippen molar-refractivity contribution < 1.29 is 27.6 Å². The SMILES string of the molecule is C.C=C1NN=C(C/C(C)=C/C)C(=C)C1=C.CCc1cccc(-c2cc(F)c(C(=O)N3CCC(CN4CCN(CC)CC4)CC3)c(F)c2)n1.O=CN1CCN(C(=O)c2cc(Cc3n[nH]c(=O)c4ccccc34)ccc2F)CC1. The molecule has 2 aromatic heterocycles. The summed E-state index contributed by atoms with van der Waals surface area (Å²) in [6, 6.07) is 19.4. The number of carbonyl (C=O) groups is 3. The zero-order valence-electron chi connectivity index (χ0n) is 44.1. The van der Waals surface area contributed by atoms with E-state index in [1.165, 1.54) is 29.8 Å². The molecule has 0 spiro atoms. The molecule has 9 rings (SSSR count). The van der Waals surface area contributed by atoms with Gasteiger partial charge in [0, 0.05) is 107 Å². The second-order valence-electron chi connectivity index (χ2n) is 19.5. The number of fused-ring (bicyclic) bond motifs is 1. The van der Waals surface area contributed by atoms with Crippen LogP contribution in [0.3, 0.4) is 0 Å². The number of likely N-dealkylation sites (N-methyl/N-ethyl adjacent to an activating group) is 1. The Morgan fingerprint density at radius 1 is 0.766 bits per heavy atom. The number of halogens is 3. The van der Waals surface area contributed by atoms with Gasteiger partial charge in [-0.3, -0.25) is 29.6 Å². The van der Waals surface area contributed by atoms with Gasteiger partial charge in [-0.2, -0.15) is 10.2 Å². The fourth-order valence-corrected chi connectivity index (χ4v) is 9.58. The number of allylic oxidation sites excluding steroid dienone is 3. The maximum atomic E-state index is 14.9. The van der Waals surface area contributed by atoms with Crippen LogP contribution in [0.4, 0.5) is 13.2 Å². The molecule has 0 saturated carbocycles. The summed E-state index contributed by atoms with van der Waals surface area (Å²) in [6.45, 7) is 29.1. The average molecular weight is 1060 g/mol. The topological polar surface area (TPSA) is 150 Å². The number of aryl methyl sites for hydroxylation is 1. The Balaban J connectivity index is 0.000000200. The Kier molecular flexibility index (Phi) is 21.0. The monoisotopic (exact) mass is 1050 g/mol. The highest BCUT2D eigenvalue weighted by Gasteiger charge is 2.30. The smallest absolute Gasteiger partial charge is 0.272 e. The number of piperidine rings is 1. The molecule has 4 aliphatic rings. The maximum absolute atomic E-state index is 14.9. The molecule has 3 fully saturated rings. The largest absolute Gasteiger partial charge is 0.342 e.